The van der Waals surface area contributed by atoms with E-state index in [-0.39, 0.29) is 11.3 Å². The highest BCUT2D eigenvalue weighted by Gasteiger charge is 2.20. The molecular weight excluding hydrogens is 196 g/mol. The Hall–Kier alpha value is -0.220. The van der Waals surface area contributed by atoms with Crippen LogP contribution in [0.25, 0.3) is 0 Å². The predicted molar refractivity (Wildman–Crippen MR) is 63.5 cm³/mol. The van der Waals surface area contributed by atoms with Crippen molar-refractivity contribution in [3.8, 4) is 0 Å². The number of rotatable bonds is 6. The molecule has 1 amide bonds. The molecule has 14 heavy (non-hydrogen) atoms. The lowest BCUT2D eigenvalue weighted by atomic mass is 9.93. The number of carbonyl (C=O) groups is 1. The average molecular weight is 218 g/mol. The Morgan fingerprint density at radius 1 is 1.50 bits per heavy atom. The number of hydrogen-bond donors (Lipinski definition) is 1. The maximum atomic E-state index is 11.6. The zero-order valence-corrected chi connectivity index (χ0v) is 10.5. The van der Waals surface area contributed by atoms with Crippen LogP contribution in [0.1, 0.15) is 20.3 Å². The zero-order valence-electron chi connectivity index (χ0n) is 9.67. The first-order valence-electron chi connectivity index (χ1n) is 4.86. The van der Waals surface area contributed by atoms with Crippen LogP contribution in [0, 0.1) is 5.41 Å². The summed E-state index contributed by atoms with van der Waals surface area (Å²) in [6.07, 6.45) is 2.63. The van der Waals surface area contributed by atoms with Gasteiger partial charge in [-0.2, -0.15) is 11.8 Å². The van der Waals surface area contributed by atoms with Crippen molar-refractivity contribution in [2.45, 2.75) is 20.3 Å². The van der Waals surface area contributed by atoms with Crippen molar-refractivity contribution in [2.24, 2.45) is 11.1 Å². The summed E-state index contributed by atoms with van der Waals surface area (Å²) in [6.45, 7) is 5.49. The lowest BCUT2D eigenvalue weighted by Gasteiger charge is -2.29. The molecular formula is C10H22N2OS. The molecule has 2 N–H and O–H groups in total. The smallest absolute Gasteiger partial charge is 0.223 e. The van der Waals surface area contributed by atoms with Crippen LogP contribution in [-0.4, -0.2) is 43.0 Å². The van der Waals surface area contributed by atoms with Gasteiger partial charge in [0, 0.05) is 25.8 Å². The molecule has 0 radical (unpaired) electrons. The van der Waals surface area contributed by atoms with Crippen molar-refractivity contribution in [3.05, 3.63) is 0 Å². The maximum Gasteiger partial charge on any atom is 0.223 e. The second-order valence-electron chi connectivity index (χ2n) is 4.36. The van der Waals surface area contributed by atoms with Crippen molar-refractivity contribution < 1.29 is 4.79 Å². The van der Waals surface area contributed by atoms with Gasteiger partial charge in [-0.05, 0) is 18.2 Å². The molecule has 0 atom stereocenters. The minimum atomic E-state index is 0.0176. The van der Waals surface area contributed by atoms with Gasteiger partial charge >= 0.3 is 0 Å². The predicted octanol–water partition coefficient (Wildman–Crippen LogP) is 1.18. The third-order valence-electron chi connectivity index (χ3n) is 2.16. The van der Waals surface area contributed by atoms with Gasteiger partial charge in [-0.3, -0.25) is 4.79 Å². The Labute approximate surface area is 91.4 Å². The minimum absolute atomic E-state index is 0.0176. The quantitative estimate of drug-likeness (QED) is 0.728. The Balaban J connectivity index is 3.94. The van der Waals surface area contributed by atoms with Gasteiger partial charge in [0.1, 0.15) is 0 Å². The Morgan fingerprint density at radius 3 is 2.50 bits per heavy atom. The molecule has 0 fully saturated rings. The maximum absolute atomic E-state index is 11.6. The number of amides is 1. The van der Waals surface area contributed by atoms with E-state index in [0.29, 0.717) is 13.0 Å². The molecule has 0 heterocycles. The van der Waals surface area contributed by atoms with Crippen LogP contribution in [0.3, 0.4) is 0 Å². The standard InChI is InChI=1S/C10H22N2OS/c1-10(2,7-11)8-12(3)9(13)5-6-14-4/h5-8,11H2,1-4H3. The van der Waals surface area contributed by atoms with E-state index in [1.54, 1.807) is 16.7 Å². The van der Waals surface area contributed by atoms with Crippen LogP contribution < -0.4 is 5.73 Å². The van der Waals surface area contributed by atoms with Gasteiger partial charge in [0.05, 0.1) is 0 Å². The van der Waals surface area contributed by atoms with Crippen molar-refractivity contribution in [3.63, 3.8) is 0 Å². The monoisotopic (exact) mass is 218 g/mol. The summed E-state index contributed by atoms with van der Waals surface area (Å²) >= 11 is 1.70. The van der Waals surface area contributed by atoms with E-state index in [1.165, 1.54) is 0 Å². The van der Waals surface area contributed by atoms with Crippen molar-refractivity contribution >= 4 is 17.7 Å². The molecule has 0 aromatic heterocycles. The van der Waals surface area contributed by atoms with Crippen molar-refractivity contribution in [2.75, 3.05) is 32.1 Å². The van der Waals surface area contributed by atoms with Crippen molar-refractivity contribution in [1.82, 2.24) is 4.90 Å². The van der Waals surface area contributed by atoms with Gasteiger partial charge in [-0.15, -0.1) is 0 Å². The van der Waals surface area contributed by atoms with Crippen molar-refractivity contribution in [1.29, 1.82) is 0 Å². The van der Waals surface area contributed by atoms with Gasteiger partial charge in [0.15, 0.2) is 0 Å². The number of thioether (sulfide) groups is 1. The van der Waals surface area contributed by atoms with Gasteiger partial charge in [0.2, 0.25) is 5.91 Å². The highest BCUT2D eigenvalue weighted by molar-refractivity contribution is 7.98. The molecule has 0 aromatic rings. The summed E-state index contributed by atoms with van der Waals surface area (Å²) in [5.74, 6) is 1.10. The molecule has 0 spiro atoms. The number of nitrogens with zero attached hydrogens (tertiary/aromatic N) is 1. The van der Waals surface area contributed by atoms with E-state index in [9.17, 15) is 4.79 Å². The molecule has 0 aliphatic heterocycles. The Bertz CT molecular complexity index is 183. The molecule has 0 aliphatic rings. The van der Waals surface area contributed by atoms with E-state index >= 15 is 0 Å². The molecule has 0 rings (SSSR count). The minimum Gasteiger partial charge on any atom is -0.345 e. The number of nitrogens with two attached hydrogens (primary N) is 1. The third kappa shape index (κ3) is 5.50. The number of hydrogen-bond acceptors (Lipinski definition) is 3. The second-order valence-corrected chi connectivity index (χ2v) is 5.35. The van der Waals surface area contributed by atoms with E-state index in [4.69, 9.17) is 5.73 Å². The molecule has 0 aliphatic carbocycles. The SMILES string of the molecule is CSCCC(=O)N(C)CC(C)(C)CN. The normalized spacial score (nSPS) is 11.5. The highest BCUT2D eigenvalue weighted by atomic mass is 32.2. The molecule has 0 unspecified atom stereocenters. The molecule has 0 saturated heterocycles. The molecule has 0 bridgehead atoms. The molecule has 3 nitrogen and oxygen atoms in total. The summed E-state index contributed by atoms with van der Waals surface area (Å²) in [4.78, 5) is 13.3. The van der Waals surface area contributed by atoms with Gasteiger partial charge in [0.25, 0.3) is 0 Å². The topological polar surface area (TPSA) is 46.3 Å². The first-order valence-corrected chi connectivity index (χ1v) is 6.25. The van der Waals surface area contributed by atoms with Crippen LogP contribution in [0.15, 0.2) is 0 Å². The van der Waals surface area contributed by atoms with E-state index in [1.807, 2.05) is 13.3 Å². The summed E-state index contributed by atoms with van der Waals surface area (Å²) in [5.41, 5.74) is 5.63. The summed E-state index contributed by atoms with van der Waals surface area (Å²) in [7, 11) is 1.85. The lowest BCUT2D eigenvalue weighted by Crippen LogP contribution is -2.39. The fraction of sp³-hybridized carbons (Fsp3) is 0.900. The summed E-state index contributed by atoms with van der Waals surface area (Å²) in [6, 6.07) is 0. The molecule has 4 heteroatoms. The lowest BCUT2D eigenvalue weighted by molar-refractivity contribution is -0.130. The largest absolute Gasteiger partial charge is 0.345 e. The molecule has 84 valence electrons. The van der Waals surface area contributed by atoms with E-state index in [0.717, 1.165) is 12.3 Å². The average Bonchev–Trinajstić information content (AvgIpc) is 2.13. The van der Waals surface area contributed by atoms with Gasteiger partial charge in [-0.25, -0.2) is 0 Å². The van der Waals surface area contributed by atoms with E-state index in [2.05, 4.69) is 13.8 Å². The Morgan fingerprint density at radius 2 is 2.07 bits per heavy atom. The van der Waals surface area contributed by atoms with Gasteiger partial charge in [-0.1, -0.05) is 13.8 Å². The number of carbonyl (C=O) groups excluding carboxylic acids is 1. The van der Waals surface area contributed by atoms with Crippen LogP contribution in [0.4, 0.5) is 0 Å². The van der Waals surface area contributed by atoms with Crippen LogP contribution in [0.5, 0.6) is 0 Å². The summed E-state index contributed by atoms with van der Waals surface area (Å²) in [5, 5.41) is 0. The van der Waals surface area contributed by atoms with E-state index < -0.39 is 0 Å². The van der Waals surface area contributed by atoms with Gasteiger partial charge < -0.3 is 10.6 Å². The first kappa shape index (κ1) is 13.8. The Kier molecular flexibility index (Phi) is 6.20. The van der Waals surface area contributed by atoms with Crippen LogP contribution in [-0.2, 0) is 4.79 Å². The molecule has 0 saturated carbocycles. The van der Waals surface area contributed by atoms with Crippen LogP contribution in [0.2, 0.25) is 0 Å². The molecule has 0 aromatic carbocycles. The fourth-order valence-corrected chi connectivity index (χ4v) is 1.55. The second kappa shape index (κ2) is 6.30. The highest BCUT2D eigenvalue weighted by Crippen LogP contribution is 2.14. The third-order valence-corrected chi connectivity index (χ3v) is 2.78. The first-order chi connectivity index (χ1) is 6.43. The fourth-order valence-electron chi connectivity index (χ4n) is 1.18. The van der Waals surface area contributed by atoms with Crippen LogP contribution >= 0.6 is 11.8 Å². The summed E-state index contributed by atoms with van der Waals surface area (Å²) < 4.78 is 0. The zero-order chi connectivity index (χ0) is 11.2.